The number of fused-ring (bicyclic) bond motifs is 1. The van der Waals surface area contributed by atoms with Gasteiger partial charge in [-0.25, -0.2) is 9.97 Å². The molecule has 0 bridgehead atoms. The van der Waals surface area contributed by atoms with Crippen molar-refractivity contribution in [2.75, 3.05) is 10.6 Å². The lowest BCUT2D eigenvalue weighted by molar-refractivity contribution is 1.14. The normalized spacial score (nSPS) is 10.7. The lowest BCUT2D eigenvalue weighted by Crippen LogP contribution is -2.04. The standard InChI is InChI=1S/C20H18N6/c1-13-8-9-16(14(2)12-13)24-20-25-18-17(21-10-11-22-18)19(26-20)23-15-6-4-3-5-7-15/h3-12H,1-2H3,(H2,22,23,24,25,26). The molecule has 0 radical (unpaired) electrons. The smallest absolute Gasteiger partial charge is 0.231 e. The van der Waals surface area contributed by atoms with Crippen LogP contribution in [0.4, 0.5) is 23.1 Å². The number of aromatic nitrogens is 4. The van der Waals surface area contributed by atoms with E-state index < -0.39 is 0 Å². The zero-order valence-corrected chi connectivity index (χ0v) is 14.6. The molecule has 6 nitrogen and oxygen atoms in total. The molecule has 0 aliphatic carbocycles. The molecule has 2 heterocycles. The third-order valence-corrected chi connectivity index (χ3v) is 4.00. The molecular weight excluding hydrogens is 324 g/mol. The van der Waals surface area contributed by atoms with Gasteiger partial charge in [-0.1, -0.05) is 35.9 Å². The van der Waals surface area contributed by atoms with E-state index in [4.69, 9.17) is 0 Å². The van der Waals surface area contributed by atoms with Gasteiger partial charge in [0.1, 0.15) is 0 Å². The van der Waals surface area contributed by atoms with Crippen molar-refractivity contribution in [2.45, 2.75) is 13.8 Å². The van der Waals surface area contributed by atoms with Crippen molar-refractivity contribution in [1.82, 2.24) is 19.9 Å². The summed E-state index contributed by atoms with van der Waals surface area (Å²) in [6.07, 6.45) is 3.27. The van der Waals surface area contributed by atoms with Gasteiger partial charge in [0.2, 0.25) is 5.95 Å². The molecule has 0 saturated heterocycles. The van der Waals surface area contributed by atoms with E-state index in [2.05, 4.69) is 56.5 Å². The van der Waals surface area contributed by atoms with E-state index in [9.17, 15) is 0 Å². The van der Waals surface area contributed by atoms with Crippen LogP contribution in [-0.2, 0) is 0 Å². The number of anilines is 4. The topological polar surface area (TPSA) is 75.6 Å². The molecule has 0 aliphatic heterocycles. The summed E-state index contributed by atoms with van der Waals surface area (Å²) in [5.41, 5.74) is 5.39. The lowest BCUT2D eigenvalue weighted by Gasteiger charge is -2.12. The van der Waals surface area contributed by atoms with E-state index in [1.165, 1.54) is 5.56 Å². The van der Waals surface area contributed by atoms with Gasteiger partial charge in [-0.15, -0.1) is 0 Å². The Balaban J connectivity index is 1.76. The van der Waals surface area contributed by atoms with Crippen LogP contribution in [0.5, 0.6) is 0 Å². The number of nitrogens with zero attached hydrogens (tertiary/aromatic N) is 4. The molecule has 0 aliphatic rings. The quantitative estimate of drug-likeness (QED) is 0.568. The predicted molar refractivity (Wildman–Crippen MR) is 104 cm³/mol. The van der Waals surface area contributed by atoms with E-state index in [0.717, 1.165) is 16.9 Å². The highest BCUT2D eigenvalue weighted by atomic mass is 15.2. The van der Waals surface area contributed by atoms with E-state index in [-0.39, 0.29) is 0 Å². The molecule has 128 valence electrons. The molecule has 0 unspecified atom stereocenters. The zero-order valence-electron chi connectivity index (χ0n) is 14.6. The van der Waals surface area contributed by atoms with Crippen molar-refractivity contribution in [2.24, 2.45) is 0 Å². The van der Waals surface area contributed by atoms with E-state index in [0.29, 0.717) is 22.9 Å². The van der Waals surface area contributed by atoms with Crippen LogP contribution in [0, 0.1) is 13.8 Å². The number of para-hydroxylation sites is 1. The summed E-state index contributed by atoms with van der Waals surface area (Å²) in [6, 6.07) is 16.0. The molecule has 2 aromatic carbocycles. The Morgan fingerprint density at radius 2 is 1.62 bits per heavy atom. The fourth-order valence-electron chi connectivity index (χ4n) is 2.74. The van der Waals surface area contributed by atoms with Crippen LogP contribution in [-0.4, -0.2) is 19.9 Å². The minimum atomic E-state index is 0.475. The minimum absolute atomic E-state index is 0.475. The average molecular weight is 342 g/mol. The molecule has 4 aromatic rings. The maximum atomic E-state index is 4.62. The maximum absolute atomic E-state index is 4.62. The number of nitrogens with one attached hydrogen (secondary N) is 2. The Kier molecular flexibility index (Phi) is 4.15. The first kappa shape index (κ1) is 16.0. The van der Waals surface area contributed by atoms with Crippen LogP contribution in [0.15, 0.2) is 60.9 Å². The van der Waals surface area contributed by atoms with Crippen molar-refractivity contribution in [3.63, 3.8) is 0 Å². The first-order valence-corrected chi connectivity index (χ1v) is 8.34. The highest BCUT2D eigenvalue weighted by molar-refractivity contribution is 5.86. The summed E-state index contributed by atoms with van der Waals surface area (Å²) in [4.78, 5) is 17.8. The SMILES string of the molecule is Cc1ccc(Nc2nc(Nc3ccccc3)c3nccnc3n2)c(C)c1. The van der Waals surface area contributed by atoms with Gasteiger partial charge in [0, 0.05) is 23.8 Å². The van der Waals surface area contributed by atoms with E-state index >= 15 is 0 Å². The van der Waals surface area contributed by atoms with Crippen molar-refractivity contribution in [1.29, 1.82) is 0 Å². The molecule has 2 aromatic heterocycles. The van der Waals surface area contributed by atoms with Gasteiger partial charge in [0.05, 0.1) is 0 Å². The van der Waals surface area contributed by atoms with Crippen molar-refractivity contribution in [3.05, 3.63) is 72.1 Å². The zero-order chi connectivity index (χ0) is 17.9. The maximum Gasteiger partial charge on any atom is 0.231 e. The number of benzene rings is 2. The van der Waals surface area contributed by atoms with Gasteiger partial charge in [-0.3, -0.25) is 0 Å². The first-order valence-electron chi connectivity index (χ1n) is 8.34. The number of hydrogen-bond acceptors (Lipinski definition) is 6. The van der Waals surface area contributed by atoms with Gasteiger partial charge < -0.3 is 10.6 Å². The summed E-state index contributed by atoms with van der Waals surface area (Å²) in [7, 11) is 0. The third kappa shape index (κ3) is 3.30. The Morgan fingerprint density at radius 3 is 2.42 bits per heavy atom. The lowest BCUT2D eigenvalue weighted by atomic mass is 10.1. The summed E-state index contributed by atoms with van der Waals surface area (Å²) in [5.74, 6) is 1.09. The second kappa shape index (κ2) is 6.76. The Labute approximate surface area is 151 Å². The van der Waals surface area contributed by atoms with Crippen molar-refractivity contribution < 1.29 is 0 Å². The Bertz CT molecular complexity index is 1060. The van der Waals surface area contributed by atoms with Crippen LogP contribution in [0.25, 0.3) is 11.2 Å². The fraction of sp³-hybridized carbons (Fsp3) is 0.100. The summed E-state index contributed by atoms with van der Waals surface area (Å²) in [5, 5.41) is 6.59. The summed E-state index contributed by atoms with van der Waals surface area (Å²) < 4.78 is 0. The number of hydrogen-bond donors (Lipinski definition) is 2. The predicted octanol–water partition coefficient (Wildman–Crippen LogP) is 4.52. The molecule has 0 saturated carbocycles. The molecule has 4 rings (SSSR count). The summed E-state index contributed by atoms with van der Waals surface area (Å²) in [6.45, 7) is 4.13. The van der Waals surface area contributed by atoms with Gasteiger partial charge in [0.15, 0.2) is 17.0 Å². The highest BCUT2D eigenvalue weighted by Gasteiger charge is 2.11. The monoisotopic (exact) mass is 342 g/mol. The van der Waals surface area contributed by atoms with Gasteiger partial charge >= 0.3 is 0 Å². The molecule has 0 amide bonds. The first-order chi connectivity index (χ1) is 12.7. The van der Waals surface area contributed by atoms with Gasteiger partial charge in [-0.05, 0) is 37.6 Å². The van der Waals surface area contributed by atoms with Crippen LogP contribution < -0.4 is 10.6 Å². The number of aryl methyl sites for hydroxylation is 2. The fourth-order valence-corrected chi connectivity index (χ4v) is 2.74. The highest BCUT2D eigenvalue weighted by Crippen LogP contribution is 2.25. The van der Waals surface area contributed by atoms with Crippen molar-refractivity contribution >= 4 is 34.3 Å². The Hall–Kier alpha value is -3.54. The molecular formula is C20H18N6. The molecule has 0 atom stereocenters. The van der Waals surface area contributed by atoms with Crippen LogP contribution in [0.3, 0.4) is 0 Å². The third-order valence-electron chi connectivity index (χ3n) is 4.00. The molecule has 26 heavy (non-hydrogen) atoms. The molecule has 6 heteroatoms. The van der Waals surface area contributed by atoms with Crippen LogP contribution in [0.2, 0.25) is 0 Å². The molecule has 0 fully saturated rings. The average Bonchev–Trinajstić information content (AvgIpc) is 2.65. The van der Waals surface area contributed by atoms with E-state index in [1.54, 1.807) is 12.4 Å². The number of rotatable bonds is 4. The van der Waals surface area contributed by atoms with Crippen molar-refractivity contribution in [3.8, 4) is 0 Å². The largest absolute Gasteiger partial charge is 0.338 e. The Morgan fingerprint density at radius 1 is 0.808 bits per heavy atom. The van der Waals surface area contributed by atoms with Gasteiger partial charge in [-0.2, -0.15) is 9.97 Å². The minimum Gasteiger partial charge on any atom is -0.338 e. The second-order valence-electron chi connectivity index (χ2n) is 6.06. The van der Waals surface area contributed by atoms with Gasteiger partial charge in [0.25, 0.3) is 0 Å². The second-order valence-corrected chi connectivity index (χ2v) is 6.06. The molecule has 0 spiro atoms. The molecule has 2 N–H and O–H groups in total. The van der Waals surface area contributed by atoms with Crippen LogP contribution >= 0.6 is 0 Å². The van der Waals surface area contributed by atoms with Crippen LogP contribution in [0.1, 0.15) is 11.1 Å². The summed E-state index contributed by atoms with van der Waals surface area (Å²) >= 11 is 0. The van der Waals surface area contributed by atoms with E-state index in [1.807, 2.05) is 36.4 Å².